The van der Waals surface area contributed by atoms with E-state index in [2.05, 4.69) is 15.3 Å². The van der Waals surface area contributed by atoms with Gasteiger partial charge in [-0.15, -0.1) is 0 Å². The molecule has 144 valence electrons. The number of thioether (sulfide) groups is 1. The molecule has 2 heterocycles. The third-order valence-corrected chi connectivity index (χ3v) is 5.91. The van der Waals surface area contributed by atoms with Crippen molar-refractivity contribution in [2.45, 2.75) is 42.9 Å². The van der Waals surface area contributed by atoms with E-state index in [1.54, 1.807) is 12.4 Å². The van der Waals surface area contributed by atoms with Gasteiger partial charge in [-0.05, 0) is 49.9 Å². The molecule has 4 rings (SSSR count). The topological polar surface area (TPSA) is 64.1 Å². The number of pyridine rings is 2. The summed E-state index contributed by atoms with van der Waals surface area (Å²) in [4.78, 5) is 20.6. The van der Waals surface area contributed by atoms with Crippen molar-refractivity contribution >= 4 is 28.4 Å². The molecule has 3 aromatic rings. The van der Waals surface area contributed by atoms with Gasteiger partial charge in [0.25, 0.3) is 0 Å². The summed E-state index contributed by atoms with van der Waals surface area (Å²) in [7, 11) is 0. The fourth-order valence-corrected chi connectivity index (χ4v) is 4.21. The number of hydrogen-bond donors (Lipinski definition) is 1. The summed E-state index contributed by atoms with van der Waals surface area (Å²) < 4.78 is 6.27. The molecule has 1 amide bonds. The van der Waals surface area contributed by atoms with Gasteiger partial charge in [-0.3, -0.25) is 9.78 Å². The lowest BCUT2D eigenvalue weighted by Gasteiger charge is -2.29. The molecule has 1 aromatic carbocycles. The molecule has 0 radical (unpaired) electrons. The number of nitrogens with one attached hydrogen (secondary N) is 1. The van der Waals surface area contributed by atoms with Gasteiger partial charge in [-0.25, -0.2) is 4.98 Å². The maximum Gasteiger partial charge on any atom is 0.230 e. The Hall–Kier alpha value is -2.60. The second-order valence-corrected chi connectivity index (χ2v) is 7.96. The summed E-state index contributed by atoms with van der Waals surface area (Å²) in [5.41, 5.74) is 0. The number of aromatic nitrogens is 2. The van der Waals surface area contributed by atoms with Crippen LogP contribution in [0.5, 0.6) is 5.75 Å². The average molecular weight is 394 g/mol. The highest BCUT2D eigenvalue weighted by molar-refractivity contribution is 7.99. The number of benzene rings is 1. The van der Waals surface area contributed by atoms with Crippen molar-refractivity contribution in [2.24, 2.45) is 0 Å². The first-order chi connectivity index (χ1) is 13.8. The SMILES string of the molecule is O=C(CSc1ccccn1)NC1CCC(Oc2cccc3cnccc23)CC1. The van der Waals surface area contributed by atoms with E-state index in [0.29, 0.717) is 5.75 Å². The molecule has 0 atom stereocenters. The van der Waals surface area contributed by atoms with Gasteiger partial charge in [0.2, 0.25) is 5.91 Å². The lowest BCUT2D eigenvalue weighted by atomic mass is 9.93. The minimum absolute atomic E-state index is 0.0709. The summed E-state index contributed by atoms with van der Waals surface area (Å²) in [5, 5.41) is 6.21. The Bertz CT molecular complexity index is 922. The quantitative estimate of drug-likeness (QED) is 0.635. The third kappa shape index (κ3) is 4.81. The molecule has 0 bridgehead atoms. The van der Waals surface area contributed by atoms with Crippen LogP contribution in [-0.4, -0.2) is 33.8 Å². The Morgan fingerprint density at radius 2 is 1.96 bits per heavy atom. The van der Waals surface area contributed by atoms with Gasteiger partial charge in [0.05, 0.1) is 16.9 Å². The molecule has 6 heteroatoms. The van der Waals surface area contributed by atoms with Gasteiger partial charge >= 0.3 is 0 Å². The zero-order valence-corrected chi connectivity index (χ0v) is 16.4. The first-order valence-corrected chi connectivity index (χ1v) is 10.6. The highest BCUT2D eigenvalue weighted by atomic mass is 32.2. The Morgan fingerprint density at radius 3 is 2.79 bits per heavy atom. The molecular weight excluding hydrogens is 370 g/mol. The van der Waals surface area contributed by atoms with Crippen LogP contribution >= 0.6 is 11.8 Å². The second kappa shape index (κ2) is 9.06. The molecule has 0 spiro atoms. The van der Waals surface area contributed by atoms with Crippen LogP contribution in [0.3, 0.4) is 0 Å². The summed E-state index contributed by atoms with van der Waals surface area (Å²) in [6.07, 6.45) is 9.36. The molecule has 2 aromatic heterocycles. The normalized spacial score (nSPS) is 19.3. The zero-order chi connectivity index (χ0) is 19.2. The summed E-state index contributed by atoms with van der Waals surface area (Å²) in [6.45, 7) is 0. The smallest absolute Gasteiger partial charge is 0.230 e. The van der Waals surface area contributed by atoms with Crippen molar-refractivity contribution in [3.63, 3.8) is 0 Å². The van der Waals surface area contributed by atoms with Crippen LogP contribution in [0, 0.1) is 0 Å². The Balaban J connectivity index is 1.25. The predicted octanol–water partition coefficient (Wildman–Crippen LogP) is 4.23. The highest BCUT2D eigenvalue weighted by Gasteiger charge is 2.24. The van der Waals surface area contributed by atoms with Crippen LogP contribution < -0.4 is 10.1 Å². The number of ether oxygens (including phenoxy) is 1. The number of fused-ring (bicyclic) bond motifs is 1. The van der Waals surface area contributed by atoms with Crippen LogP contribution in [0.2, 0.25) is 0 Å². The predicted molar refractivity (Wildman–Crippen MR) is 112 cm³/mol. The van der Waals surface area contributed by atoms with Crippen molar-refractivity contribution in [3.05, 3.63) is 61.1 Å². The monoisotopic (exact) mass is 393 g/mol. The molecule has 1 fully saturated rings. The molecular formula is C22H23N3O2S. The van der Waals surface area contributed by atoms with E-state index < -0.39 is 0 Å². The lowest BCUT2D eigenvalue weighted by Crippen LogP contribution is -2.40. The van der Waals surface area contributed by atoms with Crippen molar-refractivity contribution in [2.75, 3.05) is 5.75 Å². The first-order valence-electron chi connectivity index (χ1n) is 9.60. The van der Waals surface area contributed by atoms with Crippen LogP contribution in [0.1, 0.15) is 25.7 Å². The second-order valence-electron chi connectivity index (χ2n) is 6.97. The Morgan fingerprint density at radius 1 is 1.07 bits per heavy atom. The summed E-state index contributed by atoms with van der Waals surface area (Å²) in [6, 6.07) is 14.0. The van der Waals surface area contributed by atoms with Crippen LogP contribution in [0.25, 0.3) is 10.8 Å². The molecule has 0 aliphatic heterocycles. The molecule has 5 nitrogen and oxygen atoms in total. The summed E-state index contributed by atoms with van der Waals surface area (Å²) >= 11 is 1.47. The van der Waals surface area contributed by atoms with Gasteiger partial charge in [-0.2, -0.15) is 0 Å². The minimum Gasteiger partial charge on any atom is -0.490 e. The standard InChI is InChI=1S/C22H23N3O2S/c26-21(15-28-22-6-1-2-12-24-22)25-17-7-9-18(10-8-17)27-20-5-3-4-16-14-23-13-11-19(16)20/h1-6,11-14,17-18H,7-10,15H2,(H,25,26). The van der Waals surface area contributed by atoms with Gasteiger partial charge < -0.3 is 10.1 Å². The average Bonchev–Trinajstić information content (AvgIpc) is 2.75. The highest BCUT2D eigenvalue weighted by Crippen LogP contribution is 2.29. The van der Waals surface area contributed by atoms with Crippen molar-refractivity contribution in [1.82, 2.24) is 15.3 Å². The molecule has 1 aliphatic carbocycles. The number of nitrogens with zero attached hydrogens (tertiary/aromatic N) is 2. The first kappa shape index (κ1) is 18.7. The Labute approximate surface area is 168 Å². The van der Waals surface area contributed by atoms with Crippen molar-refractivity contribution < 1.29 is 9.53 Å². The van der Waals surface area contributed by atoms with E-state index in [9.17, 15) is 4.79 Å². The summed E-state index contributed by atoms with van der Waals surface area (Å²) in [5.74, 6) is 1.39. The van der Waals surface area contributed by atoms with E-state index in [0.717, 1.165) is 47.2 Å². The van der Waals surface area contributed by atoms with Crippen molar-refractivity contribution in [1.29, 1.82) is 0 Å². The molecule has 1 aliphatic rings. The molecule has 1 N–H and O–H groups in total. The molecule has 1 saturated carbocycles. The van der Waals surface area contributed by atoms with E-state index in [1.165, 1.54) is 11.8 Å². The van der Waals surface area contributed by atoms with Gasteiger partial charge in [0, 0.05) is 35.4 Å². The van der Waals surface area contributed by atoms with Crippen LogP contribution in [0.15, 0.2) is 66.1 Å². The number of rotatable bonds is 6. The van der Waals surface area contributed by atoms with Gasteiger partial charge in [0.1, 0.15) is 5.75 Å². The van der Waals surface area contributed by atoms with Crippen LogP contribution in [-0.2, 0) is 4.79 Å². The van der Waals surface area contributed by atoms with E-state index >= 15 is 0 Å². The number of amides is 1. The molecule has 28 heavy (non-hydrogen) atoms. The zero-order valence-electron chi connectivity index (χ0n) is 15.6. The largest absolute Gasteiger partial charge is 0.490 e. The fourth-order valence-electron chi connectivity index (χ4n) is 3.54. The lowest BCUT2D eigenvalue weighted by molar-refractivity contribution is -0.119. The maximum absolute atomic E-state index is 12.2. The van der Waals surface area contributed by atoms with E-state index in [1.807, 2.05) is 48.7 Å². The molecule has 0 unspecified atom stereocenters. The van der Waals surface area contributed by atoms with Gasteiger partial charge in [-0.1, -0.05) is 30.0 Å². The number of hydrogen-bond acceptors (Lipinski definition) is 5. The third-order valence-electron chi connectivity index (χ3n) is 4.96. The van der Waals surface area contributed by atoms with E-state index in [-0.39, 0.29) is 18.1 Å². The molecule has 0 saturated heterocycles. The number of carbonyl (C=O) groups excluding carboxylic acids is 1. The maximum atomic E-state index is 12.2. The van der Waals surface area contributed by atoms with Crippen molar-refractivity contribution in [3.8, 4) is 5.75 Å². The number of carbonyl (C=O) groups is 1. The minimum atomic E-state index is 0.0709. The van der Waals surface area contributed by atoms with Crippen LogP contribution in [0.4, 0.5) is 0 Å². The van der Waals surface area contributed by atoms with Gasteiger partial charge in [0.15, 0.2) is 0 Å². The fraction of sp³-hybridized carbons (Fsp3) is 0.318. The van der Waals surface area contributed by atoms with E-state index in [4.69, 9.17) is 4.74 Å². The Kier molecular flexibility index (Phi) is 6.07.